The zero-order chi connectivity index (χ0) is 21.2. The van der Waals surface area contributed by atoms with Crippen LogP contribution in [0.5, 0.6) is 0 Å². The number of nitrogens with one attached hydrogen (secondary N) is 2. The van der Waals surface area contributed by atoms with E-state index in [1.54, 1.807) is 0 Å². The number of halogens is 1. The largest absolute Gasteiger partial charge is 0.379 e. The summed E-state index contributed by atoms with van der Waals surface area (Å²) in [5.74, 6) is 1.86. The van der Waals surface area contributed by atoms with E-state index in [4.69, 9.17) is 14.3 Å². The summed E-state index contributed by atoms with van der Waals surface area (Å²) in [7, 11) is 0. The molecule has 2 aliphatic rings. The Morgan fingerprint density at radius 1 is 1.06 bits per heavy atom. The maximum Gasteiger partial charge on any atom is 0.191 e. The van der Waals surface area contributed by atoms with Gasteiger partial charge in [0.15, 0.2) is 5.96 Å². The molecule has 7 nitrogen and oxygen atoms in total. The quantitative estimate of drug-likeness (QED) is 0.279. The van der Waals surface area contributed by atoms with Crippen molar-refractivity contribution in [2.45, 2.75) is 72.3 Å². The molecule has 0 bridgehead atoms. The van der Waals surface area contributed by atoms with Gasteiger partial charge in [-0.2, -0.15) is 0 Å². The molecule has 1 aromatic heterocycles. The second kappa shape index (κ2) is 13.6. The summed E-state index contributed by atoms with van der Waals surface area (Å²) < 4.78 is 11.1. The van der Waals surface area contributed by atoms with Crippen LogP contribution >= 0.6 is 24.0 Å². The van der Waals surface area contributed by atoms with E-state index in [0.29, 0.717) is 12.0 Å². The highest BCUT2D eigenvalue weighted by Gasteiger charge is 2.34. The van der Waals surface area contributed by atoms with Gasteiger partial charge in [0.25, 0.3) is 0 Å². The van der Waals surface area contributed by atoms with Crippen LogP contribution in [-0.2, 0) is 24.1 Å². The maximum atomic E-state index is 5.56. The molecule has 8 heteroatoms. The van der Waals surface area contributed by atoms with Crippen LogP contribution in [0.4, 0.5) is 0 Å². The Labute approximate surface area is 205 Å². The van der Waals surface area contributed by atoms with E-state index in [0.717, 1.165) is 81.8 Å². The number of rotatable bonds is 9. The lowest BCUT2D eigenvalue weighted by Gasteiger charge is -2.42. The van der Waals surface area contributed by atoms with Gasteiger partial charge in [-0.1, -0.05) is 38.3 Å². The molecular weight excluding hydrogens is 505 g/mol. The fraction of sp³-hybridized carbons (Fsp3) is 0.826. The monoisotopic (exact) mass is 547 g/mol. The average Bonchev–Trinajstić information content (AvgIpc) is 3.19. The van der Waals surface area contributed by atoms with E-state index < -0.39 is 0 Å². The smallest absolute Gasteiger partial charge is 0.191 e. The van der Waals surface area contributed by atoms with Crippen molar-refractivity contribution < 1.29 is 9.26 Å². The van der Waals surface area contributed by atoms with Crippen molar-refractivity contribution in [3.63, 3.8) is 0 Å². The van der Waals surface area contributed by atoms with Crippen molar-refractivity contribution in [3.8, 4) is 0 Å². The highest BCUT2D eigenvalue weighted by molar-refractivity contribution is 14.0. The van der Waals surface area contributed by atoms with E-state index in [1.807, 2.05) is 0 Å². The number of nitrogens with zero attached hydrogens (tertiary/aromatic N) is 3. The van der Waals surface area contributed by atoms with Gasteiger partial charge in [0.2, 0.25) is 0 Å². The Bertz CT molecular complexity index is 645. The predicted octanol–water partition coefficient (Wildman–Crippen LogP) is 3.76. The van der Waals surface area contributed by atoms with Gasteiger partial charge in [0.05, 0.1) is 25.5 Å². The molecule has 2 N–H and O–H groups in total. The molecule has 0 atom stereocenters. The highest BCUT2D eigenvalue weighted by atomic mass is 127. The van der Waals surface area contributed by atoms with E-state index in [2.05, 4.69) is 41.5 Å². The highest BCUT2D eigenvalue weighted by Crippen LogP contribution is 2.36. The summed E-state index contributed by atoms with van der Waals surface area (Å²) in [5, 5.41) is 11.3. The molecule has 0 aromatic carbocycles. The molecule has 1 aliphatic carbocycles. The van der Waals surface area contributed by atoms with Crippen LogP contribution in [0.3, 0.4) is 0 Å². The molecular formula is C23H42IN5O2. The van der Waals surface area contributed by atoms with Crippen LogP contribution in [-0.4, -0.2) is 62.0 Å². The Hall–Kier alpha value is -0.870. The van der Waals surface area contributed by atoms with Crippen molar-refractivity contribution in [1.82, 2.24) is 20.7 Å². The minimum atomic E-state index is 0. The van der Waals surface area contributed by atoms with Gasteiger partial charge in [-0.15, -0.1) is 24.0 Å². The van der Waals surface area contributed by atoms with Crippen molar-refractivity contribution in [2.75, 3.05) is 45.9 Å². The first-order valence-electron chi connectivity index (χ1n) is 12.0. The fourth-order valence-corrected chi connectivity index (χ4v) is 4.81. The van der Waals surface area contributed by atoms with E-state index in [1.165, 1.54) is 32.1 Å². The number of morpholine rings is 1. The number of hydrogen-bond acceptors (Lipinski definition) is 5. The normalized spacial score (nSPS) is 19.6. The molecule has 2 heterocycles. The second-order valence-electron chi connectivity index (χ2n) is 8.74. The molecule has 1 aromatic rings. The lowest BCUT2D eigenvalue weighted by molar-refractivity contribution is 0.00820. The van der Waals surface area contributed by atoms with Crippen molar-refractivity contribution in [1.29, 1.82) is 0 Å². The number of hydrogen-bond donors (Lipinski definition) is 2. The van der Waals surface area contributed by atoms with Gasteiger partial charge in [0.1, 0.15) is 5.76 Å². The zero-order valence-electron chi connectivity index (χ0n) is 19.7. The summed E-state index contributed by atoms with van der Waals surface area (Å²) in [6.45, 7) is 13.8. The Morgan fingerprint density at radius 3 is 2.45 bits per heavy atom. The van der Waals surface area contributed by atoms with Gasteiger partial charge < -0.3 is 19.9 Å². The molecule has 31 heavy (non-hydrogen) atoms. The van der Waals surface area contributed by atoms with Gasteiger partial charge in [-0.05, 0) is 26.2 Å². The molecule has 1 saturated carbocycles. The summed E-state index contributed by atoms with van der Waals surface area (Å²) >= 11 is 0. The van der Waals surface area contributed by atoms with Crippen molar-refractivity contribution in [3.05, 3.63) is 17.0 Å². The van der Waals surface area contributed by atoms with Crippen molar-refractivity contribution in [2.24, 2.45) is 10.4 Å². The van der Waals surface area contributed by atoms with Crippen LogP contribution in [0.2, 0.25) is 0 Å². The minimum Gasteiger partial charge on any atom is -0.379 e. The molecule has 0 spiro atoms. The molecule has 2 fully saturated rings. The number of guanidine groups is 1. The second-order valence-corrected chi connectivity index (χ2v) is 8.74. The van der Waals surface area contributed by atoms with Crippen LogP contribution in [0.1, 0.15) is 69.9 Å². The number of aryl methyl sites for hydroxylation is 2. The first-order valence-corrected chi connectivity index (χ1v) is 12.0. The summed E-state index contributed by atoms with van der Waals surface area (Å²) in [5.41, 5.74) is 2.51. The van der Waals surface area contributed by atoms with Gasteiger partial charge in [-0.3, -0.25) is 4.90 Å². The molecule has 1 saturated heterocycles. The Balaban J connectivity index is 0.00000341. The van der Waals surface area contributed by atoms with Crippen molar-refractivity contribution >= 4 is 29.9 Å². The first-order chi connectivity index (χ1) is 14.7. The number of ether oxygens (including phenoxy) is 1. The molecule has 3 rings (SSSR count). The third-order valence-electron chi connectivity index (χ3n) is 6.55. The molecule has 0 radical (unpaired) electrons. The van der Waals surface area contributed by atoms with Crippen LogP contribution < -0.4 is 10.6 Å². The fourth-order valence-electron chi connectivity index (χ4n) is 4.81. The lowest BCUT2D eigenvalue weighted by atomic mass is 9.73. The Morgan fingerprint density at radius 2 is 1.81 bits per heavy atom. The zero-order valence-corrected chi connectivity index (χ0v) is 22.0. The maximum absolute atomic E-state index is 5.56. The standard InChI is InChI=1S/C23H41N5O2.HI/c1-4-20-19(21(5-2)30-27-20)16-25-22(24-6-3)26-17-23(10-8-7-9-11-23)18-28-12-14-29-15-13-28;/h4-18H2,1-3H3,(H2,24,25,26);1H. The van der Waals surface area contributed by atoms with Gasteiger partial charge in [0, 0.05) is 50.1 Å². The van der Waals surface area contributed by atoms with Gasteiger partial charge in [-0.25, -0.2) is 4.99 Å². The predicted molar refractivity (Wildman–Crippen MR) is 136 cm³/mol. The minimum absolute atomic E-state index is 0. The van der Waals surface area contributed by atoms with E-state index in [-0.39, 0.29) is 24.0 Å². The van der Waals surface area contributed by atoms with Crippen LogP contribution in [0, 0.1) is 5.41 Å². The Kier molecular flexibility index (Phi) is 11.6. The SMILES string of the molecule is CCNC(=NCc1c(CC)noc1CC)NCC1(CN2CCOCC2)CCCCC1.I. The molecule has 0 unspecified atom stereocenters. The van der Waals surface area contributed by atoms with Crippen LogP contribution in [0.15, 0.2) is 9.52 Å². The topological polar surface area (TPSA) is 74.9 Å². The summed E-state index contributed by atoms with van der Waals surface area (Å²) in [6, 6.07) is 0. The molecule has 178 valence electrons. The average molecular weight is 548 g/mol. The summed E-state index contributed by atoms with van der Waals surface area (Å²) in [6.07, 6.45) is 8.35. The third-order valence-corrected chi connectivity index (χ3v) is 6.55. The van der Waals surface area contributed by atoms with Crippen LogP contribution in [0.25, 0.3) is 0 Å². The molecule has 0 amide bonds. The van der Waals surface area contributed by atoms with E-state index >= 15 is 0 Å². The third kappa shape index (κ3) is 7.60. The van der Waals surface area contributed by atoms with Gasteiger partial charge >= 0.3 is 0 Å². The first kappa shape index (κ1) is 26.4. The summed E-state index contributed by atoms with van der Waals surface area (Å²) in [4.78, 5) is 7.49. The number of aromatic nitrogens is 1. The molecule has 1 aliphatic heterocycles. The number of aliphatic imine (C=N–C) groups is 1. The van der Waals surface area contributed by atoms with E-state index in [9.17, 15) is 0 Å². The lowest BCUT2D eigenvalue weighted by Crippen LogP contribution is -2.51.